The van der Waals surface area contributed by atoms with Gasteiger partial charge in [0.05, 0.1) is 17.1 Å². The largest absolute Gasteiger partial charge is 0.349 e. The van der Waals surface area contributed by atoms with Crippen LogP contribution < -0.4 is 5.32 Å². The lowest BCUT2D eigenvalue weighted by Gasteiger charge is -2.17. The smallest absolute Gasteiger partial charge is 0.252 e. The van der Waals surface area contributed by atoms with E-state index in [1.54, 1.807) is 0 Å². The zero-order chi connectivity index (χ0) is 16.2. The molecule has 2 rings (SSSR count). The highest BCUT2D eigenvalue weighted by atomic mass is 32.2. The minimum atomic E-state index is -2.90. The van der Waals surface area contributed by atoms with Crippen molar-refractivity contribution in [3.05, 3.63) is 29.8 Å². The van der Waals surface area contributed by atoms with Crippen LogP contribution in [0.25, 0.3) is 0 Å². The van der Waals surface area contributed by atoms with Crippen molar-refractivity contribution >= 4 is 27.5 Å². The van der Waals surface area contributed by atoms with E-state index in [-0.39, 0.29) is 28.7 Å². The van der Waals surface area contributed by atoms with Crippen LogP contribution >= 0.6 is 11.8 Å². The Morgan fingerprint density at radius 3 is 2.59 bits per heavy atom. The number of nitrogens with one attached hydrogen (secondary N) is 1. The van der Waals surface area contributed by atoms with Gasteiger partial charge in [-0.1, -0.05) is 26.0 Å². The molecule has 0 saturated carbocycles. The van der Waals surface area contributed by atoms with Gasteiger partial charge in [-0.15, -0.1) is 11.8 Å². The van der Waals surface area contributed by atoms with Gasteiger partial charge in [0.15, 0.2) is 9.84 Å². The number of carbonyl (C=O) groups excluding carboxylic acids is 1. The topological polar surface area (TPSA) is 63.2 Å². The molecule has 4 nitrogen and oxygen atoms in total. The molecule has 0 spiro atoms. The van der Waals surface area contributed by atoms with E-state index in [0.717, 1.165) is 17.7 Å². The number of hydrogen-bond donors (Lipinski definition) is 1. The molecule has 1 saturated heterocycles. The molecule has 0 aromatic heterocycles. The summed E-state index contributed by atoms with van der Waals surface area (Å²) in [4.78, 5) is 13.3. The van der Waals surface area contributed by atoms with E-state index in [4.69, 9.17) is 0 Å². The molecule has 1 atom stereocenters. The molecular formula is C16H23NO3S2. The molecule has 0 radical (unpaired) electrons. The van der Waals surface area contributed by atoms with Crippen molar-refractivity contribution in [3.8, 4) is 0 Å². The van der Waals surface area contributed by atoms with E-state index in [9.17, 15) is 13.2 Å². The summed E-state index contributed by atoms with van der Waals surface area (Å²) in [6.45, 7) is 4.11. The number of amides is 1. The second-order valence-corrected chi connectivity index (χ2v) is 9.20. The third-order valence-electron chi connectivity index (χ3n) is 3.94. The van der Waals surface area contributed by atoms with Crippen LogP contribution in [0.2, 0.25) is 0 Å². The van der Waals surface area contributed by atoms with Crippen LogP contribution in [0.1, 0.15) is 43.5 Å². The molecule has 1 N–H and O–H groups in total. The average Bonchev–Trinajstić information content (AvgIpc) is 2.84. The van der Waals surface area contributed by atoms with Crippen LogP contribution in [0.4, 0.5) is 0 Å². The zero-order valence-corrected chi connectivity index (χ0v) is 14.7. The van der Waals surface area contributed by atoms with Crippen LogP contribution in [0, 0.1) is 0 Å². The Hall–Kier alpha value is -1.01. The number of hydrogen-bond acceptors (Lipinski definition) is 4. The van der Waals surface area contributed by atoms with E-state index < -0.39 is 9.84 Å². The van der Waals surface area contributed by atoms with Crippen molar-refractivity contribution in [3.63, 3.8) is 0 Å². The first-order valence-electron chi connectivity index (χ1n) is 7.72. The van der Waals surface area contributed by atoms with Crippen LogP contribution in [0.15, 0.2) is 29.2 Å². The van der Waals surface area contributed by atoms with Gasteiger partial charge in [0.25, 0.3) is 5.91 Å². The molecule has 1 fully saturated rings. The van der Waals surface area contributed by atoms with Crippen molar-refractivity contribution in [2.24, 2.45) is 0 Å². The Morgan fingerprint density at radius 2 is 2.00 bits per heavy atom. The summed E-state index contributed by atoms with van der Waals surface area (Å²) in [5.74, 6) is 0.394. The number of benzene rings is 1. The molecule has 6 heteroatoms. The first-order valence-corrected chi connectivity index (χ1v) is 10.4. The lowest BCUT2D eigenvalue weighted by Crippen LogP contribution is -2.34. The van der Waals surface area contributed by atoms with Crippen molar-refractivity contribution < 1.29 is 13.2 Å². The van der Waals surface area contributed by atoms with Gasteiger partial charge in [-0.3, -0.25) is 4.79 Å². The summed E-state index contributed by atoms with van der Waals surface area (Å²) in [6, 6.07) is 7.62. The quantitative estimate of drug-likeness (QED) is 0.864. The van der Waals surface area contributed by atoms with Crippen molar-refractivity contribution in [2.45, 2.75) is 49.3 Å². The maximum absolute atomic E-state index is 12.5. The standard InChI is InChI=1S/C16H23NO3S2/c1-3-12(4-2)17-16(18)14-7-5-6-8-15(14)21-13-9-10-22(19,20)11-13/h5-8,12-13H,3-4,9-11H2,1-2H3,(H,17,18). The number of thioether (sulfide) groups is 1. The second kappa shape index (κ2) is 7.51. The molecule has 1 unspecified atom stereocenters. The van der Waals surface area contributed by atoms with Gasteiger partial charge in [-0.25, -0.2) is 8.42 Å². The molecule has 0 aliphatic carbocycles. The Bertz CT molecular complexity index is 624. The highest BCUT2D eigenvalue weighted by Gasteiger charge is 2.29. The van der Waals surface area contributed by atoms with Crippen molar-refractivity contribution in [1.29, 1.82) is 0 Å². The number of carbonyl (C=O) groups is 1. The maximum Gasteiger partial charge on any atom is 0.252 e. The molecule has 1 aliphatic heterocycles. The average molecular weight is 341 g/mol. The van der Waals surface area contributed by atoms with Crippen LogP contribution in [0.5, 0.6) is 0 Å². The Labute approximate surface area is 137 Å². The molecular weight excluding hydrogens is 318 g/mol. The number of sulfone groups is 1. The normalized spacial score (nSPS) is 20.2. The minimum Gasteiger partial charge on any atom is -0.349 e. The van der Waals surface area contributed by atoms with Gasteiger partial charge < -0.3 is 5.32 Å². The predicted octanol–water partition coefficient (Wildman–Crippen LogP) is 2.88. The summed E-state index contributed by atoms with van der Waals surface area (Å²) < 4.78 is 23.2. The fourth-order valence-corrected chi connectivity index (χ4v) is 6.17. The highest BCUT2D eigenvalue weighted by Crippen LogP contribution is 2.33. The van der Waals surface area contributed by atoms with Crippen LogP contribution in [0.3, 0.4) is 0 Å². The maximum atomic E-state index is 12.5. The third kappa shape index (κ3) is 4.49. The molecule has 1 aromatic carbocycles. The van der Waals surface area contributed by atoms with E-state index in [1.165, 1.54) is 11.8 Å². The fraction of sp³-hybridized carbons (Fsp3) is 0.562. The van der Waals surface area contributed by atoms with Crippen LogP contribution in [-0.4, -0.2) is 37.1 Å². The predicted molar refractivity (Wildman–Crippen MR) is 91.2 cm³/mol. The van der Waals surface area contributed by atoms with E-state index in [0.29, 0.717) is 12.0 Å². The Morgan fingerprint density at radius 1 is 1.32 bits per heavy atom. The molecule has 22 heavy (non-hydrogen) atoms. The SMILES string of the molecule is CCC(CC)NC(=O)c1ccccc1SC1CCS(=O)(=O)C1. The van der Waals surface area contributed by atoms with Gasteiger partial charge in [-0.2, -0.15) is 0 Å². The van der Waals surface area contributed by atoms with Gasteiger partial charge in [-0.05, 0) is 31.4 Å². The van der Waals surface area contributed by atoms with Crippen molar-refractivity contribution in [1.82, 2.24) is 5.32 Å². The number of rotatable bonds is 6. The summed E-state index contributed by atoms with van der Waals surface area (Å²) in [5.41, 5.74) is 0.642. The van der Waals surface area contributed by atoms with E-state index >= 15 is 0 Å². The Kier molecular flexibility index (Phi) is 5.92. The summed E-state index contributed by atoms with van der Waals surface area (Å²) in [5, 5.41) is 3.09. The molecule has 122 valence electrons. The highest BCUT2D eigenvalue weighted by molar-refractivity contribution is 8.02. The zero-order valence-electron chi connectivity index (χ0n) is 13.0. The van der Waals surface area contributed by atoms with Gasteiger partial charge in [0.2, 0.25) is 0 Å². The van der Waals surface area contributed by atoms with E-state index in [2.05, 4.69) is 19.2 Å². The lowest BCUT2D eigenvalue weighted by atomic mass is 10.1. The van der Waals surface area contributed by atoms with E-state index in [1.807, 2.05) is 24.3 Å². The first-order chi connectivity index (χ1) is 10.4. The minimum absolute atomic E-state index is 0.0482. The summed E-state index contributed by atoms with van der Waals surface area (Å²) in [6.07, 6.45) is 2.46. The monoisotopic (exact) mass is 341 g/mol. The van der Waals surface area contributed by atoms with Crippen LogP contribution in [-0.2, 0) is 9.84 Å². The second-order valence-electron chi connectivity index (χ2n) is 5.63. The van der Waals surface area contributed by atoms with Gasteiger partial charge >= 0.3 is 0 Å². The Balaban J connectivity index is 2.11. The lowest BCUT2D eigenvalue weighted by molar-refractivity contribution is 0.0932. The molecule has 1 aromatic rings. The first kappa shape index (κ1) is 17.3. The van der Waals surface area contributed by atoms with Crippen molar-refractivity contribution in [2.75, 3.05) is 11.5 Å². The fourth-order valence-electron chi connectivity index (χ4n) is 2.55. The molecule has 1 aliphatic rings. The molecule has 0 bridgehead atoms. The summed E-state index contributed by atoms with van der Waals surface area (Å²) >= 11 is 1.51. The van der Waals surface area contributed by atoms with Gasteiger partial charge in [0.1, 0.15) is 0 Å². The molecule has 1 amide bonds. The summed E-state index contributed by atoms with van der Waals surface area (Å²) in [7, 11) is -2.90. The third-order valence-corrected chi connectivity index (χ3v) is 7.26. The van der Waals surface area contributed by atoms with Gasteiger partial charge in [0, 0.05) is 16.2 Å². The molecule has 1 heterocycles.